The zero-order valence-electron chi connectivity index (χ0n) is 11.4. The monoisotopic (exact) mass is 546 g/mol. The van der Waals surface area contributed by atoms with Gasteiger partial charge in [-0.2, -0.15) is 10.5 Å². The first kappa shape index (κ1) is 19.4. The molecular weight excluding hydrogens is 540 g/mol. The Balaban J connectivity index is 0.000000224. The van der Waals surface area contributed by atoms with Crippen LogP contribution in [0.15, 0.2) is 45.3 Å². The van der Waals surface area contributed by atoms with Crippen LogP contribution in [0.25, 0.3) is 0 Å². The maximum atomic E-state index is 8.75. The van der Waals surface area contributed by atoms with Gasteiger partial charge in [-0.3, -0.25) is 0 Å². The van der Waals surface area contributed by atoms with Gasteiger partial charge in [-0.25, -0.2) is 0 Å². The Hall–Kier alpha value is -0.660. The van der Waals surface area contributed by atoms with E-state index in [1.165, 1.54) is 0 Å². The second kappa shape index (κ2) is 9.47. The van der Waals surface area contributed by atoms with Crippen molar-refractivity contribution in [2.75, 3.05) is 0 Å². The van der Waals surface area contributed by atoms with Crippen LogP contribution < -0.4 is 0 Å². The lowest BCUT2D eigenvalue weighted by Crippen LogP contribution is -1.87. The third-order valence-electron chi connectivity index (χ3n) is 2.68. The number of hydrogen-bond donors (Lipinski definition) is 0. The van der Waals surface area contributed by atoms with E-state index in [0.717, 1.165) is 25.6 Å². The van der Waals surface area contributed by atoms with Crippen LogP contribution >= 0.6 is 63.7 Å². The van der Waals surface area contributed by atoms with Gasteiger partial charge >= 0.3 is 0 Å². The lowest BCUT2D eigenvalue weighted by Gasteiger charge is -2.04. The van der Waals surface area contributed by atoms with Gasteiger partial charge in [0.2, 0.25) is 0 Å². The van der Waals surface area contributed by atoms with Crippen molar-refractivity contribution in [3.05, 3.63) is 67.6 Å². The molecule has 112 valence electrons. The predicted molar refractivity (Wildman–Crippen MR) is 103 cm³/mol. The molecule has 0 saturated carbocycles. The molecule has 2 rings (SSSR count). The minimum absolute atomic E-state index is 0.0251. The summed E-state index contributed by atoms with van der Waals surface area (Å²) >= 11 is 13.4. The Labute approximate surface area is 163 Å². The zero-order valence-corrected chi connectivity index (χ0v) is 17.8. The fraction of sp³-hybridized carbons (Fsp3) is 0.125. The quantitative estimate of drug-likeness (QED) is 0.370. The maximum absolute atomic E-state index is 8.75. The molecule has 0 aliphatic carbocycles. The van der Waals surface area contributed by atoms with E-state index in [1.807, 2.05) is 31.2 Å². The number of nitriles is 2. The second-order valence-corrected chi connectivity index (χ2v) is 9.11. The number of rotatable bonds is 1. The molecule has 2 nitrogen and oxygen atoms in total. The first-order valence-corrected chi connectivity index (χ1v) is 9.44. The fourth-order valence-corrected chi connectivity index (χ4v) is 3.18. The number of aryl methyl sites for hydroxylation is 1. The molecule has 0 fully saturated rings. The number of nitrogens with zero attached hydrogens (tertiary/aromatic N) is 2. The van der Waals surface area contributed by atoms with E-state index in [9.17, 15) is 0 Å². The maximum Gasteiger partial charge on any atom is 0.0995 e. The van der Waals surface area contributed by atoms with Gasteiger partial charge in [0.25, 0.3) is 0 Å². The van der Waals surface area contributed by atoms with Gasteiger partial charge in [0.05, 0.1) is 27.0 Å². The summed E-state index contributed by atoms with van der Waals surface area (Å²) in [4.78, 5) is 0. The van der Waals surface area contributed by atoms with Crippen molar-refractivity contribution in [3.63, 3.8) is 0 Å². The van der Waals surface area contributed by atoms with Crippen molar-refractivity contribution in [3.8, 4) is 12.1 Å². The molecule has 22 heavy (non-hydrogen) atoms. The lowest BCUT2D eigenvalue weighted by atomic mass is 10.1. The molecule has 0 aliphatic rings. The average molecular weight is 550 g/mol. The minimum atomic E-state index is 0.0251. The van der Waals surface area contributed by atoms with Crippen LogP contribution in [0.5, 0.6) is 0 Å². The Bertz CT molecular complexity index is 743. The van der Waals surface area contributed by atoms with Crippen molar-refractivity contribution in [2.24, 2.45) is 0 Å². The topological polar surface area (TPSA) is 47.6 Å². The van der Waals surface area contributed by atoms with Crippen molar-refractivity contribution in [2.45, 2.75) is 10.7 Å². The van der Waals surface area contributed by atoms with E-state index < -0.39 is 0 Å². The number of hydrogen-bond acceptors (Lipinski definition) is 2. The van der Waals surface area contributed by atoms with Gasteiger partial charge in [-0.1, -0.05) is 63.7 Å². The Morgan fingerprint density at radius 1 is 0.864 bits per heavy atom. The average Bonchev–Trinajstić information content (AvgIpc) is 2.48. The fourth-order valence-electron chi connectivity index (χ4n) is 1.57. The number of alkyl halides is 2. The molecule has 0 N–H and O–H groups in total. The third-order valence-corrected chi connectivity index (χ3v) is 4.65. The van der Waals surface area contributed by atoms with E-state index in [2.05, 4.69) is 75.9 Å². The Morgan fingerprint density at radius 3 is 1.82 bits per heavy atom. The first-order valence-electron chi connectivity index (χ1n) is 6.03. The highest BCUT2D eigenvalue weighted by Crippen LogP contribution is 2.33. The summed E-state index contributed by atoms with van der Waals surface area (Å²) in [6.07, 6.45) is 0. The summed E-state index contributed by atoms with van der Waals surface area (Å²) in [5.74, 6) is 0. The second-order valence-electron chi connectivity index (χ2n) is 4.22. The van der Waals surface area contributed by atoms with Gasteiger partial charge in [-0.15, -0.1) is 0 Å². The van der Waals surface area contributed by atoms with Crippen LogP contribution in [0, 0.1) is 29.6 Å². The first-order chi connectivity index (χ1) is 10.4. The molecule has 0 aromatic heterocycles. The summed E-state index contributed by atoms with van der Waals surface area (Å²) in [7, 11) is 0. The Kier molecular flexibility index (Phi) is 8.35. The van der Waals surface area contributed by atoms with Crippen LogP contribution in [0.2, 0.25) is 0 Å². The summed E-state index contributed by atoms with van der Waals surface area (Å²) in [6, 6.07) is 15.4. The van der Waals surface area contributed by atoms with Crippen molar-refractivity contribution < 1.29 is 0 Å². The molecule has 0 saturated heterocycles. The summed E-state index contributed by atoms with van der Waals surface area (Å²) in [6.45, 7) is 1.92. The molecule has 0 bridgehead atoms. The van der Waals surface area contributed by atoms with Crippen LogP contribution in [-0.4, -0.2) is 0 Å². The Morgan fingerprint density at radius 2 is 1.36 bits per heavy atom. The van der Waals surface area contributed by atoms with E-state index in [0.29, 0.717) is 5.56 Å². The minimum Gasteiger partial charge on any atom is -0.192 e. The molecule has 2 aromatic carbocycles. The van der Waals surface area contributed by atoms with Crippen molar-refractivity contribution in [1.29, 1.82) is 10.5 Å². The number of halogens is 4. The summed E-state index contributed by atoms with van der Waals surface area (Å²) < 4.78 is 2.02. The van der Waals surface area contributed by atoms with E-state index in [-0.39, 0.29) is 3.74 Å². The van der Waals surface area contributed by atoms with Crippen LogP contribution in [0.1, 0.15) is 26.0 Å². The van der Waals surface area contributed by atoms with Crippen molar-refractivity contribution in [1.82, 2.24) is 0 Å². The summed E-state index contributed by atoms with van der Waals surface area (Å²) in [5, 5.41) is 17.3. The summed E-state index contributed by atoms with van der Waals surface area (Å²) in [5.41, 5.74) is 3.36. The SMILES string of the molecule is Cc1cc(Br)ccc1C#N.N#Cc1ccc(Br)cc1C(Br)Br. The number of benzene rings is 2. The van der Waals surface area contributed by atoms with Gasteiger partial charge in [0.1, 0.15) is 0 Å². The van der Waals surface area contributed by atoms with Crippen LogP contribution in [-0.2, 0) is 0 Å². The molecule has 0 amide bonds. The zero-order chi connectivity index (χ0) is 16.7. The predicted octanol–water partition coefficient (Wildman–Crippen LogP) is 6.74. The van der Waals surface area contributed by atoms with Gasteiger partial charge in [-0.05, 0) is 54.4 Å². The largest absolute Gasteiger partial charge is 0.192 e. The normalized spacial score (nSPS) is 9.45. The third kappa shape index (κ3) is 5.85. The van der Waals surface area contributed by atoms with Crippen molar-refractivity contribution >= 4 is 63.7 Å². The molecule has 0 aliphatic heterocycles. The van der Waals surface area contributed by atoms with Gasteiger partial charge < -0.3 is 0 Å². The van der Waals surface area contributed by atoms with Crippen LogP contribution in [0.4, 0.5) is 0 Å². The molecule has 0 heterocycles. The van der Waals surface area contributed by atoms with E-state index >= 15 is 0 Å². The van der Waals surface area contributed by atoms with Gasteiger partial charge in [0.15, 0.2) is 0 Å². The highest BCUT2D eigenvalue weighted by atomic mass is 79.9. The van der Waals surface area contributed by atoms with Crippen LogP contribution in [0.3, 0.4) is 0 Å². The lowest BCUT2D eigenvalue weighted by molar-refractivity contribution is 1.35. The van der Waals surface area contributed by atoms with E-state index in [4.69, 9.17) is 10.5 Å². The molecular formula is C16H10Br4N2. The van der Waals surface area contributed by atoms with Gasteiger partial charge in [0, 0.05) is 8.95 Å². The van der Waals surface area contributed by atoms with E-state index in [1.54, 1.807) is 12.1 Å². The molecule has 0 atom stereocenters. The molecule has 0 unspecified atom stereocenters. The smallest absolute Gasteiger partial charge is 0.0995 e. The highest BCUT2D eigenvalue weighted by Gasteiger charge is 2.08. The molecule has 0 radical (unpaired) electrons. The molecule has 6 heteroatoms. The molecule has 2 aromatic rings. The highest BCUT2D eigenvalue weighted by molar-refractivity contribution is 9.24. The standard InChI is InChI=1S/C8H4Br3N.C8H6BrN/c9-6-2-1-5(4-12)7(3-6)8(10)11;1-6-4-8(9)3-2-7(6)5-10/h1-3,8H;2-4H,1H3. The molecule has 0 spiro atoms.